The first kappa shape index (κ1) is 22.0. The second-order valence-electron chi connectivity index (χ2n) is 7.13. The smallest absolute Gasteiger partial charge is 0.191 e. The molecule has 0 spiro atoms. The number of guanidine groups is 1. The summed E-state index contributed by atoms with van der Waals surface area (Å²) in [5.74, 6) is 0.850. The Balaban J connectivity index is 2.13. The quantitative estimate of drug-likeness (QED) is 0.466. The minimum Gasteiger partial charge on any atom is -0.393 e. The number of hydrogen-bond acceptors (Lipinski definition) is 3. The number of nitrogens with one attached hydrogen (secondary N) is 2. The fraction of sp³-hybridized carbons (Fsp3) is 0.667. The van der Waals surface area contributed by atoms with Crippen LogP contribution in [0.1, 0.15) is 58.1 Å². The van der Waals surface area contributed by atoms with E-state index in [1.54, 1.807) is 0 Å². The van der Waals surface area contributed by atoms with Gasteiger partial charge in [0.2, 0.25) is 0 Å². The second-order valence-corrected chi connectivity index (χ2v) is 7.54. The normalized spacial score (nSPS) is 21.9. The van der Waals surface area contributed by atoms with Gasteiger partial charge in [-0.1, -0.05) is 43.6 Å². The highest BCUT2D eigenvalue weighted by Gasteiger charge is 2.22. The van der Waals surface area contributed by atoms with Crippen molar-refractivity contribution in [2.45, 2.75) is 64.6 Å². The summed E-state index contributed by atoms with van der Waals surface area (Å²) in [6, 6.07) is 8.59. The standard InChI is InChI=1S/C21H35ClN4O/c1-4-23-21(25-16-11-13-17(27)14-12-16)24-15-20(26(5-2)6-3)18-9-7-8-10-19(18)22/h7-10,16-17,20,27H,4-6,11-15H2,1-3H3,(H2,23,24,25). The predicted molar refractivity (Wildman–Crippen MR) is 114 cm³/mol. The van der Waals surface area contributed by atoms with Crippen LogP contribution in [0.2, 0.25) is 5.02 Å². The lowest BCUT2D eigenvalue weighted by molar-refractivity contribution is 0.120. The maximum absolute atomic E-state index is 9.72. The molecule has 27 heavy (non-hydrogen) atoms. The zero-order chi connectivity index (χ0) is 19.6. The number of nitrogens with zero attached hydrogens (tertiary/aromatic N) is 2. The summed E-state index contributed by atoms with van der Waals surface area (Å²) in [4.78, 5) is 7.29. The molecule has 5 nitrogen and oxygen atoms in total. The van der Waals surface area contributed by atoms with Crippen molar-refractivity contribution in [2.24, 2.45) is 4.99 Å². The lowest BCUT2D eigenvalue weighted by atomic mass is 9.93. The first-order valence-electron chi connectivity index (χ1n) is 10.3. The molecule has 1 aliphatic rings. The van der Waals surface area contributed by atoms with Crippen LogP contribution >= 0.6 is 11.6 Å². The van der Waals surface area contributed by atoms with Crippen molar-refractivity contribution in [1.82, 2.24) is 15.5 Å². The average Bonchev–Trinajstić information content (AvgIpc) is 2.67. The first-order chi connectivity index (χ1) is 13.1. The number of aliphatic hydroxyl groups is 1. The summed E-state index contributed by atoms with van der Waals surface area (Å²) in [5.41, 5.74) is 1.13. The molecule has 0 amide bonds. The van der Waals surface area contributed by atoms with Crippen molar-refractivity contribution >= 4 is 17.6 Å². The lowest BCUT2D eigenvalue weighted by Gasteiger charge is -2.30. The van der Waals surface area contributed by atoms with Crippen molar-refractivity contribution in [2.75, 3.05) is 26.2 Å². The highest BCUT2D eigenvalue weighted by atomic mass is 35.5. The molecule has 0 radical (unpaired) electrons. The third-order valence-corrected chi connectivity index (χ3v) is 5.67. The van der Waals surface area contributed by atoms with Gasteiger partial charge in [-0.15, -0.1) is 0 Å². The number of likely N-dealkylation sites (N-methyl/N-ethyl adjacent to an activating group) is 1. The van der Waals surface area contributed by atoms with E-state index in [-0.39, 0.29) is 12.1 Å². The van der Waals surface area contributed by atoms with E-state index in [9.17, 15) is 5.11 Å². The van der Waals surface area contributed by atoms with Crippen molar-refractivity contribution in [1.29, 1.82) is 0 Å². The topological polar surface area (TPSA) is 59.9 Å². The highest BCUT2D eigenvalue weighted by Crippen LogP contribution is 2.27. The molecule has 1 atom stereocenters. The van der Waals surface area contributed by atoms with Crippen molar-refractivity contribution in [3.63, 3.8) is 0 Å². The zero-order valence-electron chi connectivity index (χ0n) is 16.9. The monoisotopic (exact) mass is 394 g/mol. The average molecular weight is 395 g/mol. The molecule has 0 heterocycles. The van der Waals surface area contributed by atoms with Crippen molar-refractivity contribution < 1.29 is 5.11 Å². The molecular weight excluding hydrogens is 360 g/mol. The Bertz CT molecular complexity index is 583. The molecule has 1 aromatic rings. The third-order valence-electron chi connectivity index (χ3n) is 5.32. The molecule has 1 unspecified atom stereocenters. The SMILES string of the molecule is CCNC(=NCC(c1ccccc1Cl)N(CC)CC)NC1CCC(O)CC1. The number of benzene rings is 1. The van der Waals surface area contributed by atoms with Crippen LogP contribution in [0.3, 0.4) is 0 Å². The van der Waals surface area contributed by atoms with Gasteiger partial charge in [0.05, 0.1) is 18.7 Å². The fourth-order valence-electron chi connectivity index (χ4n) is 3.73. The van der Waals surface area contributed by atoms with Gasteiger partial charge in [-0.05, 0) is 57.3 Å². The van der Waals surface area contributed by atoms with E-state index in [2.05, 4.69) is 42.4 Å². The third kappa shape index (κ3) is 6.66. The molecule has 0 bridgehead atoms. The second kappa shape index (κ2) is 11.5. The predicted octanol–water partition coefficient (Wildman–Crippen LogP) is 3.58. The Morgan fingerprint density at radius 3 is 2.44 bits per heavy atom. The minimum absolute atomic E-state index is 0.144. The summed E-state index contributed by atoms with van der Waals surface area (Å²) in [5, 5.41) is 17.4. The van der Waals surface area contributed by atoms with Crippen LogP contribution in [0.25, 0.3) is 0 Å². The van der Waals surface area contributed by atoms with Gasteiger partial charge in [0, 0.05) is 17.6 Å². The summed E-state index contributed by atoms with van der Waals surface area (Å²) >= 11 is 6.49. The Morgan fingerprint density at radius 1 is 1.19 bits per heavy atom. The molecule has 1 saturated carbocycles. The lowest BCUT2D eigenvalue weighted by Crippen LogP contribution is -2.45. The van der Waals surface area contributed by atoms with Gasteiger partial charge >= 0.3 is 0 Å². The Hall–Kier alpha value is -1.30. The molecule has 1 aliphatic carbocycles. The molecule has 3 N–H and O–H groups in total. The Kier molecular flexibility index (Phi) is 9.39. The van der Waals surface area contributed by atoms with Crippen LogP contribution in [0.4, 0.5) is 0 Å². The summed E-state index contributed by atoms with van der Waals surface area (Å²) in [6.07, 6.45) is 3.54. The minimum atomic E-state index is -0.144. The zero-order valence-corrected chi connectivity index (χ0v) is 17.7. The molecule has 1 aromatic carbocycles. The largest absolute Gasteiger partial charge is 0.393 e. The molecule has 0 aliphatic heterocycles. The van der Waals surface area contributed by atoms with E-state index in [4.69, 9.17) is 16.6 Å². The Labute approximate surface area is 169 Å². The van der Waals surface area contributed by atoms with Gasteiger partial charge in [0.1, 0.15) is 0 Å². The molecule has 152 valence electrons. The van der Waals surface area contributed by atoms with E-state index < -0.39 is 0 Å². The van der Waals surface area contributed by atoms with E-state index in [0.717, 1.165) is 61.9 Å². The first-order valence-corrected chi connectivity index (χ1v) is 10.7. The van der Waals surface area contributed by atoms with Crippen LogP contribution in [-0.4, -0.2) is 54.3 Å². The number of aliphatic imine (C=N–C) groups is 1. The molecule has 1 fully saturated rings. The fourth-order valence-corrected chi connectivity index (χ4v) is 3.99. The van der Waals surface area contributed by atoms with Crippen LogP contribution in [-0.2, 0) is 0 Å². The summed E-state index contributed by atoms with van der Waals surface area (Å²) < 4.78 is 0. The Morgan fingerprint density at radius 2 is 1.85 bits per heavy atom. The summed E-state index contributed by atoms with van der Waals surface area (Å²) in [6.45, 7) is 9.80. The highest BCUT2D eigenvalue weighted by molar-refractivity contribution is 6.31. The van der Waals surface area contributed by atoms with Gasteiger partial charge < -0.3 is 15.7 Å². The molecule has 6 heteroatoms. The van der Waals surface area contributed by atoms with E-state index >= 15 is 0 Å². The van der Waals surface area contributed by atoms with Crippen molar-refractivity contribution in [3.05, 3.63) is 34.9 Å². The molecule has 0 aromatic heterocycles. The van der Waals surface area contributed by atoms with Crippen LogP contribution < -0.4 is 10.6 Å². The number of hydrogen-bond donors (Lipinski definition) is 3. The van der Waals surface area contributed by atoms with Crippen LogP contribution in [0.5, 0.6) is 0 Å². The van der Waals surface area contributed by atoms with Gasteiger partial charge in [-0.2, -0.15) is 0 Å². The number of aliphatic hydroxyl groups excluding tert-OH is 1. The number of rotatable bonds is 8. The van der Waals surface area contributed by atoms with Gasteiger partial charge in [0.15, 0.2) is 5.96 Å². The van der Waals surface area contributed by atoms with Gasteiger partial charge in [-0.25, -0.2) is 0 Å². The van der Waals surface area contributed by atoms with Crippen LogP contribution in [0, 0.1) is 0 Å². The maximum atomic E-state index is 9.72. The van der Waals surface area contributed by atoms with Gasteiger partial charge in [-0.3, -0.25) is 9.89 Å². The summed E-state index contributed by atoms with van der Waals surface area (Å²) in [7, 11) is 0. The molecule has 0 saturated heterocycles. The van der Waals surface area contributed by atoms with E-state index in [1.807, 2.05) is 18.2 Å². The maximum Gasteiger partial charge on any atom is 0.191 e. The van der Waals surface area contributed by atoms with E-state index in [0.29, 0.717) is 12.6 Å². The molecule has 2 rings (SSSR count). The van der Waals surface area contributed by atoms with Gasteiger partial charge in [0.25, 0.3) is 0 Å². The van der Waals surface area contributed by atoms with E-state index in [1.165, 1.54) is 0 Å². The van der Waals surface area contributed by atoms with Crippen molar-refractivity contribution in [3.8, 4) is 0 Å². The molecular formula is C21H35ClN4O. The number of halogens is 1. The van der Waals surface area contributed by atoms with Crippen LogP contribution in [0.15, 0.2) is 29.3 Å².